The highest BCUT2D eigenvalue weighted by atomic mass is 32.2. The van der Waals surface area contributed by atoms with E-state index in [4.69, 9.17) is 5.73 Å². The van der Waals surface area contributed by atoms with Crippen molar-refractivity contribution >= 4 is 117 Å². The number of carboxylic acid groups (broad SMARTS) is 1. The zero-order valence-electron chi connectivity index (χ0n) is 74.0. The number of amides is 15. The fourth-order valence-electron chi connectivity index (χ4n) is 14.9. The number of H-pyrrole nitrogens is 1. The Morgan fingerprint density at radius 3 is 1.50 bits per heavy atom. The van der Waals surface area contributed by atoms with Gasteiger partial charge in [-0.05, 0) is 101 Å². The number of unbranched alkanes of at least 4 members (excludes halogenated alkanes) is 1. The smallest absolute Gasteiger partial charge is 0.305 e. The van der Waals surface area contributed by atoms with E-state index >= 15 is 33.6 Å². The normalized spacial score (nSPS) is 21.9. The van der Waals surface area contributed by atoms with Gasteiger partial charge >= 0.3 is 5.97 Å². The van der Waals surface area contributed by atoms with Crippen molar-refractivity contribution in [2.75, 3.05) is 66.4 Å². The lowest BCUT2D eigenvalue weighted by Crippen LogP contribution is -2.61. The number of carbonyl (C=O) groups is 16. The van der Waals surface area contributed by atoms with Gasteiger partial charge in [-0.1, -0.05) is 151 Å². The molecule has 0 bridgehead atoms. The number of primary amides is 1. The largest absolute Gasteiger partial charge is 0.508 e. The molecule has 2 aromatic heterocycles. The third kappa shape index (κ3) is 30.5. The Bertz CT molecular complexity index is 5070. The van der Waals surface area contributed by atoms with Crippen LogP contribution in [-0.4, -0.2) is 277 Å². The minimum atomic E-state index is -1.91. The lowest BCUT2D eigenvalue weighted by molar-refractivity contribution is -0.151. The van der Waals surface area contributed by atoms with Crippen LogP contribution in [0.25, 0.3) is 10.9 Å². The molecule has 1 saturated heterocycles. The SMILES string of the molecule is CCCC[C@H]1C(=O)N(C)CC(=O)N[C@@H](CC(=O)O)C(=O)N[C@@H](C(C)C)C(=O)N(C)[C@@H](Cc2ccccc2)C(=O)N[C@@H](Cc2ccc(O)cc2)C(=O)N(C)CC(=O)N[C@@H](Cc2c[nH]c3ccccc23)C(=O)N[C@@H](Cc2ccc(O)cc2)C(=O)N[C@@H](CC(C)C)C(=O)N[C@H](C(=O)NCC(N)=O)CSCC(=O)N[C@@H](Cc2ccncc2)C(=O)N(C)[C@@H](Cc2ccccc2)C(=O)N1C. The number of carboxylic acids is 1. The maximum atomic E-state index is 15.5. The Labute approximate surface area is 752 Å². The van der Waals surface area contributed by atoms with Crippen molar-refractivity contribution in [3.63, 3.8) is 0 Å². The van der Waals surface area contributed by atoms with Crippen molar-refractivity contribution in [3.8, 4) is 11.5 Å². The first-order chi connectivity index (χ1) is 61.4. The Kier molecular flexibility index (Phi) is 38.1. The molecule has 0 aliphatic carbocycles. The second kappa shape index (κ2) is 48.8. The average Bonchev–Trinajstić information content (AvgIpc) is 1.50. The summed E-state index contributed by atoms with van der Waals surface area (Å²) in [6.45, 7) is 6.15. The number of hydrogen-bond acceptors (Lipinski definition) is 20. The number of thioether (sulfide) groups is 1. The standard InChI is InChI=1S/C92H117N17O19S/c1-11-12-27-73-90(126)106(7)51-78(114)98-69(47-80(116)117)86(122)104-81(55(4)5)92(128)108(9)74(44-56-21-15-13-16-22-56)87(123)102-70(42-59-30-34-63(111)35-31-59)88(124)105(6)50-77(113)97-68(46-61-48-95-65-26-20-19-25-64(61)65)85(121)101-67(41-58-28-32-62(110)33-29-58)84(120)100-66(40-54(2)3)83(119)103-72(82(118)96-49-76(93)112)52-129-53-79(115)99-71(43-60-36-38-94-39-37-60)89(125)109(10)75(91(127)107(73)8)45-57-23-17-14-18-24-57/h13-26,28-39,48,54-55,66-75,81,95,110-111H,11-12,27,40-47,49-53H2,1-10H3,(H2,93,112)(H,96,118)(H,97,113)(H,98,114)(H,99,115)(H,100,120)(H,101,121)(H,102,123)(H,103,119)(H,104,122)(H,116,117)/t66-,67-,68-,69-,70-,71-,72-,73-,74-,75-,81-/m0/s1. The fraction of sp³-hybridized carbons (Fsp3) is 0.424. The van der Waals surface area contributed by atoms with Crippen LogP contribution in [0.4, 0.5) is 0 Å². The number of phenols is 2. The fourth-order valence-corrected chi connectivity index (χ4v) is 15.7. The van der Waals surface area contributed by atoms with Crippen molar-refractivity contribution < 1.29 is 92.0 Å². The van der Waals surface area contributed by atoms with Gasteiger partial charge in [0.05, 0.1) is 31.8 Å². The minimum absolute atomic E-state index is 0.0240. The van der Waals surface area contributed by atoms with Gasteiger partial charge in [0.2, 0.25) is 88.6 Å². The van der Waals surface area contributed by atoms with E-state index < -0.39 is 205 Å². The van der Waals surface area contributed by atoms with E-state index in [1.54, 1.807) is 131 Å². The van der Waals surface area contributed by atoms with Gasteiger partial charge in [-0.2, -0.15) is 0 Å². The monoisotopic (exact) mass is 1800 g/mol. The van der Waals surface area contributed by atoms with Gasteiger partial charge in [0.1, 0.15) is 78.0 Å². The second-order valence-electron chi connectivity index (χ2n) is 32.9. The molecule has 690 valence electrons. The highest BCUT2D eigenvalue weighted by molar-refractivity contribution is 8.00. The molecule has 0 unspecified atom stereocenters. The summed E-state index contributed by atoms with van der Waals surface area (Å²) in [4.78, 5) is 247. The van der Waals surface area contributed by atoms with Gasteiger partial charge in [-0.3, -0.25) is 81.7 Å². The number of nitrogens with one attached hydrogen (secondary N) is 10. The lowest BCUT2D eigenvalue weighted by atomic mass is 9.98. The van der Waals surface area contributed by atoms with Gasteiger partial charge in [0.25, 0.3) is 0 Å². The first-order valence-corrected chi connectivity index (χ1v) is 43.7. The van der Waals surface area contributed by atoms with E-state index in [-0.39, 0.29) is 68.8 Å². The highest BCUT2D eigenvalue weighted by Crippen LogP contribution is 2.25. The van der Waals surface area contributed by atoms with Crippen molar-refractivity contribution in [1.82, 2.24) is 82.3 Å². The van der Waals surface area contributed by atoms with Gasteiger partial charge in [0, 0.05) is 109 Å². The number of aromatic amines is 1. The first kappa shape index (κ1) is 101. The zero-order valence-corrected chi connectivity index (χ0v) is 74.8. The van der Waals surface area contributed by atoms with Crippen LogP contribution >= 0.6 is 11.8 Å². The topological polar surface area (TPSA) is 513 Å². The second-order valence-corrected chi connectivity index (χ2v) is 34.0. The molecule has 0 saturated carbocycles. The zero-order chi connectivity index (χ0) is 94.3. The molecule has 36 nitrogen and oxygen atoms in total. The lowest BCUT2D eigenvalue weighted by Gasteiger charge is -2.37. The summed E-state index contributed by atoms with van der Waals surface area (Å²) in [7, 11) is 6.51. The highest BCUT2D eigenvalue weighted by Gasteiger charge is 2.42. The van der Waals surface area contributed by atoms with Crippen molar-refractivity contribution in [3.05, 3.63) is 198 Å². The van der Waals surface area contributed by atoms with Gasteiger partial charge in [0.15, 0.2) is 0 Å². The van der Waals surface area contributed by atoms with Crippen molar-refractivity contribution in [2.45, 2.75) is 172 Å². The molecule has 11 atom stereocenters. The summed E-state index contributed by atoms with van der Waals surface area (Å²) in [6.07, 6.45) is 2.95. The maximum Gasteiger partial charge on any atom is 0.305 e. The number of nitrogens with zero attached hydrogens (tertiary/aromatic N) is 6. The molecule has 15 N–H and O–H groups in total. The Hall–Kier alpha value is -13.7. The summed E-state index contributed by atoms with van der Waals surface area (Å²) in [5.41, 5.74) is 9.03. The Balaban J connectivity index is 1.21. The number of para-hydroxylation sites is 1. The molecular weight excluding hydrogens is 1680 g/mol. The quantitative estimate of drug-likeness (QED) is 0.0433. The summed E-state index contributed by atoms with van der Waals surface area (Å²) in [5.74, 6) is -17.6. The number of aliphatic carboxylic acids is 1. The van der Waals surface area contributed by atoms with Crippen molar-refractivity contribution in [1.29, 1.82) is 0 Å². The number of aromatic nitrogens is 2. The van der Waals surface area contributed by atoms with Gasteiger partial charge in [-0.25, -0.2) is 0 Å². The van der Waals surface area contributed by atoms with E-state index in [1.807, 2.05) is 6.92 Å². The molecular formula is C92H117N17O19S. The van der Waals surface area contributed by atoms with Crippen LogP contribution in [0.15, 0.2) is 164 Å². The van der Waals surface area contributed by atoms with Crippen LogP contribution in [0.5, 0.6) is 11.5 Å². The molecule has 15 amide bonds. The molecule has 1 fully saturated rings. The summed E-state index contributed by atoms with van der Waals surface area (Å²) >= 11 is 0.819. The Morgan fingerprint density at radius 1 is 0.481 bits per heavy atom. The van der Waals surface area contributed by atoms with E-state index in [9.17, 15) is 58.5 Å². The molecule has 7 aromatic rings. The van der Waals surface area contributed by atoms with Gasteiger partial charge < -0.3 is 98.4 Å². The van der Waals surface area contributed by atoms with E-state index in [1.165, 1.54) is 96.2 Å². The predicted molar refractivity (Wildman–Crippen MR) is 480 cm³/mol. The van der Waals surface area contributed by atoms with E-state index in [0.29, 0.717) is 57.1 Å². The number of phenolic OH excluding ortho intramolecular Hbond substituents is 2. The molecule has 8 rings (SSSR count). The number of rotatable bonds is 23. The van der Waals surface area contributed by atoms with E-state index in [0.717, 1.165) is 36.3 Å². The van der Waals surface area contributed by atoms with E-state index in [2.05, 4.69) is 57.8 Å². The van der Waals surface area contributed by atoms with Crippen LogP contribution < -0.4 is 53.6 Å². The minimum Gasteiger partial charge on any atom is -0.508 e. The van der Waals surface area contributed by atoms with Crippen LogP contribution in [0.1, 0.15) is 100 Å². The average molecular weight is 1800 g/mol. The number of aromatic hydroxyl groups is 2. The number of pyridine rings is 1. The molecule has 37 heteroatoms. The van der Waals surface area contributed by atoms with Crippen LogP contribution in [0, 0.1) is 11.8 Å². The summed E-state index contributed by atoms with van der Waals surface area (Å²) < 4.78 is 0. The van der Waals surface area contributed by atoms with Crippen molar-refractivity contribution in [2.24, 2.45) is 17.6 Å². The molecule has 3 heterocycles. The van der Waals surface area contributed by atoms with Crippen LogP contribution in [0.3, 0.4) is 0 Å². The predicted octanol–water partition coefficient (Wildman–Crippen LogP) is 1.72. The molecule has 129 heavy (non-hydrogen) atoms. The number of likely N-dealkylation sites (N-methyl/N-ethyl adjacent to an activating group) is 5. The summed E-state index contributed by atoms with van der Waals surface area (Å²) in [5, 5.41) is 55.5. The Morgan fingerprint density at radius 2 is 0.946 bits per heavy atom. The molecule has 1 aliphatic rings. The third-order valence-electron chi connectivity index (χ3n) is 22.0. The molecule has 0 radical (unpaired) electrons. The molecule has 5 aromatic carbocycles. The van der Waals surface area contributed by atoms with Crippen LogP contribution in [0.2, 0.25) is 0 Å². The number of fused-ring (bicyclic) bond motifs is 1. The summed E-state index contributed by atoms with van der Waals surface area (Å²) in [6, 6.07) is 21.7. The third-order valence-corrected chi connectivity index (χ3v) is 23.0. The number of carbonyl (C=O) groups excluding carboxylic acids is 15. The van der Waals surface area contributed by atoms with Crippen LogP contribution in [-0.2, 0) is 115 Å². The number of hydrogen-bond donors (Lipinski definition) is 14. The number of benzene rings is 5. The van der Waals surface area contributed by atoms with Gasteiger partial charge in [-0.15, -0.1) is 11.8 Å². The molecule has 0 spiro atoms. The maximum absolute atomic E-state index is 15.5. The first-order valence-electron chi connectivity index (χ1n) is 42.5. The number of nitrogens with two attached hydrogens (primary N) is 1. The molecule has 1 aliphatic heterocycles.